The molecule has 26 heavy (non-hydrogen) atoms. The fraction of sp³-hybridized carbons (Fsp3) is 0.286. The number of rotatable bonds is 9. The molecule has 0 radical (unpaired) electrons. The SMILES string of the molecule is CC(CNCc1cccc(OCc2ccccc2F)c1)Cn1ccnc1. The van der Waals surface area contributed by atoms with Crippen LogP contribution in [-0.2, 0) is 19.7 Å². The fourth-order valence-electron chi connectivity index (χ4n) is 2.80. The molecular weight excluding hydrogens is 329 g/mol. The summed E-state index contributed by atoms with van der Waals surface area (Å²) in [5.41, 5.74) is 1.70. The van der Waals surface area contributed by atoms with Crippen LogP contribution in [0.3, 0.4) is 0 Å². The minimum Gasteiger partial charge on any atom is -0.489 e. The molecule has 4 nitrogen and oxygen atoms in total. The van der Waals surface area contributed by atoms with Crippen molar-refractivity contribution in [1.29, 1.82) is 0 Å². The molecule has 0 saturated carbocycles. The fourth-order valence-corrected chi connectivity index (χ4v) is 2.80. The second-order valence-electron chi connectivity index (χ2n) is 6.52. The van der Waals surface area contributed by atoms with Gasteiger partial charge in [0, 0.05) is 31.0 Å². The molecule has 3 rings (SSSR count). The van der Waals surface area contributed by atoms with E-state index in [1.54, 1.807) is 18.3 Å². The van der Waals surface area contributed by atoms with E-state index >= 15 is 0 Å². The first-order valence-corrected chi connectivity index (χ1v) is 8.82. The summed E-state index contributed by atoms with van der Waals surface area (Å²) in [6.45, 7) is 5.06. The van der Waals surface area contributed by atoms with Crippen LogP contribution in [0.1, 0.15) is 18.1 Å². The van der Waals surface area contributed by atoms with Crippen molar-refractivity contribution in [2.75, 3.05) is 6.54 Å². The topological polar surface area (TPSA) is 39.1 Å². The van der Waals surface area contributed by atoms with Gasteiger partial charge in [0.25, 0.3) is 0 Å². The molecule has 1 N–H and O–H groups in total. The van der Waals surface area contributed by atoms with Crippen LogP contribution in [0.25, 0.3) is 0 Å². The Hall–Kier alpha value is -2.66. The molecule has 0 aliphatic carbocycles. The molecule has 0 spiro atoms. The Morgan fingerprint density at radius 2 is 2.08 bits per heavy atom. The van der Waals surface area contributed by atoms with Crippen molar-refractivity contribution in [1.82, 2.24) is 14.9 Å². The predicted octanol–water partition coefficient (Wildman–Crippen LogP) is 4.03. The Morgan fingerprint density at radius 3 is 2.88 bits per heavy atom. The van der Waals surface area contributed by atoms with Crippen molar-refractivity contribution in [3.8, 4) is 5.75 Å². The summed E-state index contributed by atoms with van der Waals surface area (Å²) in [4.78, 5) is 4.06. The first kappa shape index (κ1) is 18.1. The number of benzene rings is 2. The molecular formula is C21H24FN3O. The largest absolute Gasteiger partial charge is 0.489 e. The summed E-state index contributed by atoms with van der Waals surface area (Å²) in [6.07, 6.45) is 5.62. The third-order valence-electron chi connectivity index (χ3n) is 4.15. The Balaban J connectivity index is 1.45. The zero-order chi connectivity index (χ0) is 18.2. The molecule has 5 heteroatoms. The lowest BCUT2D eigenvalue weighted by atomic mass is 10.1. The number of hydrogen-bond acceptors (Lipinski definition) is 3. The van der Waals surface area contributed by atoms with Crippen molar-refractivity contribution >= 4 is 0 Å². The molecule has 1 heterocycles. The number of hydrogen-bond donors (Lipinski definition) is 1. The average Bonchev–Trinajstić information content (AvgIpc) is 3.14. The maximum atomic E-state index is 13.7. The summed E-state index contributed by atoms with van der Waals surface area (Å²) in [5.74, 6) is 1.01. The summed E-state index contributed by atoms with van der Waals surface area (Å²) in [6, 6.07) is 14.6. The molecule has 1 atom stereocenters. The van der Waals surface area contributed by atoms with Crippen LogP contribution in [0.15, 0.2) is 67.3 Å². The lowest BCUT2D eigenvalue weighted by molar-refractivity contribution is 0.299. The Labute approximate surface area is 153 Å². The first-order valence-electron chi connectivity index (χ1n) is 8.82. The molecule has 1 aromatic heterocycles. The van der Waals surface area contributed by atoms with E-state index in [1.165, 1.54) is 6.07 Å². The van der Waals surface area contributed by atoms with E-state index in [4.69, 9.17) is 4.74 Å². The van der Waals surface area contributed by atoms with E-state index < -0.39 is 0 Å². The molecule has 0 amide bonds. The van der Waals surface area contributed by atoms with Gasteiger partial charge in [-0.05, 0) is 36.2 Å². The van der Waals surface area contributed by atoms with Crippen LogP contribution in [0, 0.1) is 11.7 Å². The predicted molar refractivity (Wildman–Crippen MR) is 100 cm³/mol. The van der Waals surface area contributed by atoms with Crippen LogP contribution in [-0.4, -0.2) is 16.1 Å². The van der Waals surface area contributed by atoms with E-state index in [-0.39, 0.29) is 12.4 Å². The van der Waals surface area contributed by atoms with Gasteiger partial charge in [-0.3, -0.25) is 0 Å². The Morgan fingerprint density at radius 1 is 1.19 bits per heavy atom. The van der Waals surface area contributed by atoms with Gasteiger partial charge in [-0.2, -0.15) is 0 Å². The number of halogens is 1. The van der Waals surface area contributed by atoms with Crippen LogP contribution in [0.4, 0.5) is 4.39 Å². The van der Waals surface area contributed by atoms with Gasteiger partial charge in [0.1, 0.15) is 18.2 Å². The monoisotopic (exact) mass is 353 g/mol. The third-order valence-corrected chi connectivity index (χ3v) is 4.15. The van der Waals surface area contributed by atoms with Gasteiger partial charge >= 0.3 is 0 Å². The van der Waals surface area contributed by atoms with Gasteiger partial charge < -0.3 is 14.6 Å². The van der Waals surface area contributed by atoms with Gasteiger partial charge in [-0.15, -0.1) is 0 Å². The molecule has 136 valence electrons. The van der Waals surface area contributed by atoms with Crippen molar-refractivity contribution in [2.24, 2.45) is 5.92 Å². The highest BCUT2D eigenvalue weighted by atomic mass is 19.1. The van der Waals surface area contributed by atoms with Crippen molar-refractivity contribution in [3.63, 3.8) is 0 Å². The van der Waals surface area contributed by atoms with Crippen LogP contribution < -0.4 is 10.1 Å². The van der Waals surface area contributed by atoms with Crippen LogP contribution >= 0.6 is 0 Å². The number of imidazole rings is 1. The molecule has 0 aliphatic heterocycles. The molecule has 0 fully saturated rings. The summed E-state index contributed by atoms with van der Waals surface area (Å²) in [7, 11) is 0. The Bertz CT molecular complexity index is 805. The second kappa shape index (κ2) is 9.15. The quantitative estimate of drug-likeness (QED) is 0.631. The maximum absolute atomic E-state index is 13.7. The van der Waals surface area contributed by atoms with Gasteiger partial charge in [-0.1, -0.05) is 37.3 Å². The normalized spacial score (nSPS) is 12.1. The lowest BCUT2D eigenvalue weighted by Crippen LogP contribution is -2.23. The van der Waals surface area contributed by atoms with Crippen LogP contribution in [0.5, 0.6) is 5.75 Å². The maximum Gasteiger partial charge on any atom is 0.129 e. The molecule has 1 unspecified atom stereocenters. The zero-order valence-electron chi connectivity index (χ0n) is 14.9. The highest BCUT2D eigenvalue weighted by Crippen LogP contribution is 2.16. The number of aromatic nitrogens is 2. The van der Waals surface area contributed by atoms with Gasteiger partial charge in [-0.25, -0.2) is 9.37 Å². The second-order valence-corrected chi connectivity index (χ2v) is 6.52. The average molecular weight is 353 g/mol. The Kier molecular flexibility index (Phi) is 6.39. The van der Waals surface area contributed by atoms with E-state index in [2.05, 4.69) is 27.9 Å². The van der Waals surface area contributed by atoms with Crippen molar-refractivity contribution < 1.29 is 9.13 Å². The summed E-state index contributed by atoms with van der Waals surface area (Å²) in [5, 5.41) is 3.47. The number of nitrogens with zero attached hydrogens (tertiary/aromatic N) is 2. The number of ether oxygens (including phenoxy) is 1. The van der Waals surface area contributed by atoms with E-state index in [0.29, 0.717) is 11.5 Å². The minimum atomic E-state index is -0.239. The van der Waals surface area contributed by atoms with E-state index in [1.807, 2.05) is 36.8 Å². The van der Waals surface area contributed by atoms with E-state index in [0.717, 1.165) is 30.9 Å². The van der Waals surface area contributed by atoms with Gasteiger partial charge in [0.05, 0.1) is 6.33 Å². The molecule has 0 aliphatic rings. The zero-order valence-corrected chi connectivity index (χ0v) is 14.9. The highest BCUT2D eigenvalue weighted by Gasteiger charge is 2.05. The van der Waals surface area contributed by atoms with Crippen LogP contribution in [0.2, 0.25) is 0 Å². The highest BCUT2D eigenvalue weighted by molar-refractivity contribution is 5.29. The van der Waals surface area contributed by atoms with Gasteiger partial charge in [0.2, 0.25) is 0 Å². The summed E-state index contributed by atoms with van der Waals surface area (Å²) >= 11 is 0. The molecule has 3 aromatic rings. The lowest BCUT2D eigenvalue weighted by Gasteiger charge is -2.14. The summed E-state index contributed by atoms with van der Waals surface area (Å²) < 4.78 is 21.5. The third kappa shape index (κ3) is 5.43. The van der Waals surface area contributed by atoms with Gasteiger partial charge in [0.15, 0.2) is 0 Å². The van der Waals surface area contributed by atoms with Crippen molar-refractivity contribution in [2.45, 2.75) is 26.6 Å². The minimum absolute atomic E-state index is 0.228. The standard InChI is InChI=1S/C21H24FN3O/c1-17(14-25-10-9-23-16-25)12-24-13-18-5-4-7-20(11-18)26-15-19-6-2-3-8-21(19)22/h2-11,16-17,24H,12-15H2,1H3. The number of nitrogens with one attached hydrogen (secondary N) is 1. The molecule has 0 bridgehead atoms. The molecule has 2 aromatic carbocycles. The van der Waals surface area contributed by atoms with Crippen molar-refractivity contribution in [3.05, 3.63) is 84.2 Å². The molecule has 0 saturated heterocycles. The smallest absolute Gasteiger partial charge is 0.129 e. The first-order chi connectivity index (χ1) is 12.7. The van der Waals surface area contributed by atoms with E-state index in [9.17, 15) is 4.39 Å².